The van der Waals surface area contributed by atoms with Crippen LogP contribution < -0.4 is 5.56 Å². The SMILES string of the molecule is Cc1cc2nc(CBr)c(=O)[nH]c2cc1C. The number of fused-ring (bicyclic) bond motifs is 1. The van der Waals surface area contributed by atoms with Crippen molar-refractivity contribution in [1.29, 1.82) is 0 Å². The summed E-state index contributed by atoms with van der Waals surface area (Å²) in [6.45, 7) is 4.06. The van der Waals surface area contributed by atoms with Gasteiger partial charge in [0, 0.05) is 0 Å². The summed E-state index contributed by atoms with van der Waals surface area (Å²) in [4.78, 5) is 18.6. The van der Waals surface area contributed by atoms with Gasteiger partial charge in [-0.2, -0.15) is 0 Å². The number of nitrogens with one attached hydrogen (secondary N) is 1. The Kier molecular flexibility index (Phi) is 2.61. The number of aromatic amines is 1. The van der Waals surface area contributed by atoms with Crippen molar-refractivity contribution < 1.29 is 0 Å². The van der Waals surface area contributed by atoms with E-state index in [1.54, 1.807) is 0 Å². The van der Waals surface area contributed by atoms with E-state index >= 15 is 0 Å². The van der Waals surface area contributed by atoms with E-state index in [1.807, 2.05) is 26.0 Å². The lowest BCUT2D eigenvalue weighted by atomic mass is 10.1. The predicted molar refractivity (Wildman–Crippen MR) is 64.5 cm³/mol. The van der Waals surface area contributed by atoms with E-state index in [9.17, 15) is 4.79 Å². The van der Waals surface area contributed by atoms with Crippen molar-refractivity contribution in [1.82, 2.24) is 9.97 Å². The van der Waals surface area contributed by atoms with E-state index in [0.29, 0.717) is 11.0 Å². The highest BCUT2D eigenvalue weighted by Crippen LogP contribution is 2.15. The molecule has 1 aromatic heterocycles. The van der Waals surface area contributed by atoms with Crippen LogP contribution in [0.4, 0.5) is 0 Å². The molecule has 0 amide bonds. The van der Waals surface area contributed by atoms with Gasteiger partial charge in [0.2, 0.25) is 0 Å². The van der Waals surface area contributed by atoms with Crippen molar-refractivity contribution in [3.05, 3.63) is 39.3 Å². The summed E-state index contributed by atoms with van der Waals surface area (Å²) < 4.78 is 0. The molecule has 4 heteroatoms. The van der Waals surface area contributed by atoms with Crippen molar-refractivity contribution in [2.45, 2.75) is 19.2 Å². The number of aryl methyl sites for hydroxylation is 2. The lowest BCUT2D eigenvalue weighted by molar-refractivity contribution is 1.10. The van der Waals surface area contributed by atoms with E-state index in [-0.39, 0.29) is 5.56 Å². The molecule has 2 aromatic rings. The molecular formula is C11H11BrN2O. The van der Waals surface area contributed by atoms with Gasteiger partial charge in [0.15, 0.2) is 0 Å². The summed E-state index contributed by atoms with van der Waals surface area (Å²) in [6.07, 6.45) is 0. The van der Waals surface area contributed by atoms with Crippen LogP contribution in [0.2, 0.25) is 0 Å². The van der Waals surface area contributed by atoms with Crippen molar-refractivity contribution in [2.24, 2.45) is 0 Å². The molecule has 0 radical (unpaired) electrons. The number of hydrogen-bond acceptors (Lipinski definition) is 2. The fraction of sp³-hybridized carbons (Fsp3) is 0.273. The van der Waals surface area contributed by atoms with Crippen LogP contribution in [0.1, 0.15) is 16.8 Å². The molecule has 0 spiro atoms. The smallest absolute Gasteiger partial charge is 0.271 e. The first kappa shape index (κ1) is 10.4. The van der Waals surface area contributed by atoms with Crippen molar-refractivity contribution >= 4 is 27.0 Å². The van der Waals surface area contributed by atoms with Crippen molar-refractivity contribution in [2.75, 3.05) is 0 Å². The summed E-state index contributed by atoms with van der Waals surface area (Å²) in [7, 11) is 0. The van der Waals surface area contributed by atoms with Gasteiger partial charge in [-0.05, 0) is 37.1 Å². The Morgan fingerprint density at radius 2 is 2.00 bits per heavy atom. The minimum Gasteiger partial charge on any atom is -0.319 e. The molecular weight excluding hydrogens is 256 g/mol. The zero-order valence-corrected chi connectivity index (χ0v) is 10.2. The maximum Gasteiger partial charge on any atom is 0.271 e. The Bertz CT molecular complexity index is 575. The molecule has 2 rings (SSSR count). The van der Waals surface area contributed by atoms with Crippen LogP contribution in [0.5, 0.6) is 0 Å². The van der Waals surface area contributed by atoms with Gasteiger partial charge in [0.1, 0.15) is 5.69 Å². The molecule has 1 heterocycles. The second kappa shape index (κ2) is 3.77. The Morgan fingerprint density at radius 1 is 1.33 bits per heavy atom. The quantitative estimate of drug-likeness (QED) is 0.806. The fourth-order valence-electron chi connectivity index (χ4n) is 1.47. The highest BCUT2D eigenvalue weighted by molar-refractivity contribution is 9.08. The molecule has 0 saturated heterocycles. The zero-order chi connectivity index (χ0) is 11.0. The maximum atomic E-state index is 11.5. The largest absolute Gasteiger partial charge is 0.319 e. The molecule has 15 heavy (non-hydrogen) atoms. The van der Waals surface area contributed by atoms with Crippen molar-refractivity contribution in [3.63, 3.8) is 0 Å². The molecule has 0 fully saturated rings. The lowest BCUT2D eigenvalue weighted by Gasteiger charge is -2.04. The normalized spacial score (nSPS) is 10.9. The van der Waals surface area contributed by atoms with Gasteiger partial charge in [-0.15, -0.1) is 0 Å². The molecule has 1 aromatic carbocycles. The first-order valence-electron chi connectivity index (χ1n) is 4.68. The van der Waals surface area contributed by atoms with Crippen LogP contribution in [0.15, 0.2) is 16.9 Å². The topological polar surface area (TPSA) is 45.8 Å². The van der Waals surface area contributed by atoms with Gasteiger partial charge in [0.25, 0.3) is 5.56 Å². The lowest BCUT2D eigenvalue weighted by Crippen LogP contribution is -2.13. The average molecular weight is 267 g/mol. The van der Waals surface area contributed by atoms with Crippen LogP contribution >= 0.6 is 15.9 Å². The van der Waals surface area contributed by atoms with Crippen molar-refractivity contribution in [3.8, 4) is 0 Å². The molecule has 0 bridgehead atoms. The number of nitrogens with zero attached hydrogens (tertiary/aromatic N) is 1. The van der Waals surface area contributed by atoms with Gasteiger partial charge in [0.05, 0.1) is 16.4 Å². The number of rotatable bonds is 1. The maximum absolute atomic E-state index is 11.5. The number of halogens is 1. The average Bonchev–Trinajstić information content (AvgIpc) is 2.20. The van der Waals surface area contributed by atoms with Crippen LogP contribution in [0.3, 0.4) is 0 Å². The summed E-state index contributed by atoms with van der Waals surface area (Å²) in [6, 6.07) is 3.95. The third-order valence-corrected chi connectivity index (χ3v) is 3.04. The molecule has 3 nitrogen and oxygen atoms in total. The van der Waals surface area contributed by atoms with Crippen LogP contribution in [-0.4, -0.2) is 9.97 Å². The molecule has 0 aliphatic heterocycles. The second-order valence-corrected chi connectivity index (χ2v) is 4.16. The van der Waals surface area contributed by atoms with Gasteiger partial charge in [-0.25, -0.2) is 4.98 Å². The van der Waals surface area contributed by atoms with Gasteiger partial charge in [-0.1, -0.05) is 15.9 Å². The zero-order valence-electron chi connectivity index (χ0n) is 8.60. The minimum atomic E-state index is -0.123. The molecule has 0 atom stereocenters. The molecule has 1 N–H and O–H groups in total. The number of H-pyrrole nitrogens is 1. The van der Waals surface area contributed by atoms with E-state index < -0.39 is 0 Å². The highest BCUT2D eigenvalue weighted by atomic mass is 79.9. The molecule has 0 aliphatic carbocycles. The summed E-state index contributed by atoms with van der Waals surface area (Å²) in [5.74, 6) is 0. The summed E-state index contributed by atoms with van der Waals surface area (Å²) >= 11 is 3.24. The third kappa shape index (κ3) is 1.81. The van der Waals surface area contributed by atoms with Crippen LogP contribution in [0.25, 0.3) is 11.0 Å². The number of benzene rings is 1. The predicted octanol–water partition coefficient (Wildman–Crippen LogP) is 2.43. The van der Waals surface area contributed by atoms with Crippen LogP contribution in [-0.2, 0) is 5.33 Å². The highest BCUT2D eigenvalue weighted by Gasteiger charge is 2.04. The third-order valence-electron chi connectivity index (χ3n) is 2.50. The monoisotopic (exact) mass is 266 g/mol. The standard InChI is InChI=1S/C11H11BrN2O/c1-6-3-8-9(4-7(6)2)14-11(15)10(5-12)13-8/h3-4H,5H2,1-2H3,(H,14,15). The minimum absolute atomic E-state index is 0.123. The molecule has 0 saturated carbocycles. The Morgan fingerprint density at radius 3 is 2.67 bits per heavy atom. The van der Waals surface area contributed by atoms with Gasteiger partial charge >= 0.3 is 0 Å². The summed E-state index contributed by atoms with van der Waals surface area (Å²) in [5.41, 5.74) is 4.38. The molecule has 0 unspecified atom stereocenters. The summed E-state index contributed by atoms with van der Waals surface area (Å²) in [5, 5.41) is 0.477. The van der Waals surface area contributed by atoms with E-state index in [4.69, 9.17) is 0 Å². The van der Waals surface area contributed by atoms with Crippen LogP contribution in [0, 0.1) is 13.8 Å². The molecule has 0 aliphatic rings. The van der Waals surface area contributed by atoms with E-state index in [0.717, 1.165) is 16.6 Å². The fourth-order valence-corrected chi connectivity index (χ4v) is 1.85. The number of aromatic nitrogens is 2. The first-order valence-corrected chi connectivity index (χ1v) is 5.80. The van der Waals surface area contributed by atoms with Gasteiger partial charge in [-0.3, -0.25) is 4.79 Å². The van der Waals surface area contributed by atoms with E-state index in [1.165, 1.54) is 5.56 Å². The Balaban J connectivity index is 2.82. The number of hydrogen-bond donors (Lipinski definition) is 1. The Labute approximate surface area is 95.7 Å². The van der Waals surface area contributed by atoms with Gasteiger partial charge < -0.3 is 4.98 Å². The number of alkyl halides is 1. The Hall–Kier alpha value is -1.16. The first-order chi connectivity index (χ1) is 7.11. The molecule has 78 valence electrons. The van der Waals surface area contributed by atoms with E-state index in [2.05, 4.69) is 25.9 Å². The second-order valence-electron chi connectivity index (χ2n) is 3.60.